The second kappa shape index (κ2) is 14.1. The number of hydrogen-bond donors (Lipinski definition) is 1. The predicted molar refractivity (Wildman–Crippen MR) is 134 cm³/mol. The first-order valence-electron chi connectivity index (χ1n) is 10.7. The molecule has 0 aromatic heterocycles. The third kappa shape index (κ3) is 16.6. The second-order valence-corrected chi connectivity index (χ2v) is 14.0. The zero-order valence-electron chi connectivity index (χ0n) is 21.3. The van der Waals surface area contributed by atoms with Crippen LogP contribution in [0.25, 0.3) is 0 Å². The van der Waals surface area contributed by atoms with Crippen molar-refractivity contribution in [2.75, 3.05) is 37.9 Å². The number of alkyl carbamates (subject to hydrolysis) is 1. The van der Waals surface area contributed by atoms with Crippen LogP contribution < -0.4 is 5.32 Å². The minimum Gasteiger partial charge on any atom is -0.444 e. The molecule has 12 heteroatoms. The molecule has 0 spiro atoms. The van der Waals surface area contributed by atoms with Crippen LogP contribution in [0, 0.1) is 10.8 Å². The topological polar surface area (TPSA) is 117 Å². The molecule has 0 rings (SSSR count). The third-order valence-corrected chi connectivity index (χ3v) is 7.36. The van der Waals surface area contributed by atoms with E-state index in [9.17, 15) is 18.9 Å². The van der Waals surface area contributed by atoms with Crippen LogP contribution in [0.3, 0.4) is 0 Å². The Morgan fingerprint density at radius 2 is 1.12 bits per heavy atom. The normalized spacial score (nSPS) is 13.0. The Morgan fingerprint density at radius 1 is 0.727 bits per heavy atom. The first-order chi connectivity index (χ1) is 14.9. The lowest BCUT2D eigenvalue weighted by Crippen LogP contribution is -2.34. The largest absolute Gasteiger partial charge is 0.474 e. The van der Waals surface area contributed by atoms with Gasteiger partial charge in [-0.05, 0) is 20.8 Å². The summed E-state index contributed by atoms with van der Waals surface area (Å²) in [5.74, 6) is 0.556. The van der Waals surface area contributed by atoms with Gasteiger partial charge < -0.3 is 10.1 Å². The molecule has 1 N–H and O–H groups in total. The SMILES string of the molecule is CC(C)(C)OC(=O)NCCOP(=O)(OCCSC(=O)C(C)(C)C)OCCSC(=O)C(C)(C)C. The Labute approximate surface area is 206 Å². The molecule has 9 nitrogen and oxygen atoms in total. The van der Waals surface area contributed by atoms with Crippen LogP contribution in [0.2, 0.25) is 0 Å². The summed E-state index contributed by atoms with van der Waals surface area (Å²) < 4.78 is 34.1. The number of phosphoric ester groups is 1. The van der Waals surface area contributed by atoms with E-state index in [1.165, 1.54) is 0 Å². The van der Waals surface area contributed by atoms with Crippen molar-refractivity contribution in [3.05, 3.63) is 0 Å². The van der Waals surface area contributed by atoms with Gasteiger partial charge in [0.2, 0.25) is 0 Å². The Morgan fingerprint density at radius 3 is 1.48 bits per heavy atom. The first kappa shape index (κ1) is 32.4. The summed E-state index contributed by atoms with van der Waals surface area (Å²) in [6, 6.07) is 0. The highest BCUT2D eigenvalue weighted by molar-refractivity contribution is 8.14. The highest BCUT2D eigenvalue weighted by Crippen LogP contribution is 2.49. The molecule has 0 bridgehead atoms. The lowest BCUT2D eigenvalue weighted by atomic mass is 9.99. The van der Waals surface area contributed by atoms with E-state index in [4.69, 9.17) is 18.3 Å². The lowest BCUT2D eigenvalue weighted by Gasteiger charge is -2.21. The van der Waals surface area contributed by atoms with Gasteiger partial charge in [0.15, 0.2) is 10.2 Å². The Kier molecular flexibility index (Phi) is 13.8. The van der Waals surface area contributed by atoms with Crippen molar-refractivity contribution in [2.24, 2.45) is 10.8 Å². The number of amides is 1. The molecule has 0 aliphatic heterocycles. The standard InChI is InChI=1S/C21H40NO8PS2/c1-19(2,3)16(23)32-14-12-28-31(26,29-13-15-33-17(24)20(4,5)6)27-11-10-22-18(25)30-21(7,8)9/h10-15H2,1-9H3,(H,22,25). The van der Waals surface area contributed by atoms with Gasteiger partial charge in [0.05, 0.1) is 19.8 Å². The van der Waals surface area contributed by atoms with Crippen molar-refractivity contribution in [1.82, 2.24) is 5.32 Å². The maximum absolute atomic E-state index is 13.0. The van der Waals surface area contributed by atoms with E-state index in [0.29, 0.717) is 0 Å². The average molecular weight is 530 g/mol. The van der Waals surface area contributed by atoms with Gasteiger partial charge >= 0.3 is 13.9 Å². The molecule has 0 aliphatic rings. The summed E-state index contributed by atoms with van der Waals surface area (Å²) >= 11 is 2.16. The van der Waals surface area contributed by atoms with Crippen molar-refractivity contribution >= 4 is 47.7 Å². The van der Waals surface area contributed by atoms with Crippen LogP contribution in [-0.4, -0.2) is 59.8 Å². The fourth-order valence-corrected chi connectivity index (χ4v) is 4.72. The molecule has 194 valence electrons. The number of carbonyl (C=O) groups excluding carboxylic acids is 3. The molecule has 0 unspecified atom stereocenters. The van der Waals surface area contributed by atoms with Gasteiger partial charge in [0.1, 0.15) is 5.60 Å². The zero-order chi connectivity index (χ0) is 25.9. The lowest BCUT2D eigenvalue weighted by molar-refractivity contribution is -0.118. The van der Waals surface area contributed by atoms with Gasteiger partial charge in [-0.25, -0.2) is 9.36 Å². The number of rotatable bonds is 12. The van der Waals surface area contributed by atoms with Gasteiger partial charge in [0.25, 0.3) is 0 Å². The summed E-state index contributed by atoms with van der Waals surface area (Å²) in [6.07, 6.45) is -0.628. The number of phosphoric acid groups is 1. The zero-order valence-corrected chi connectivity index (χ0v) is 23.8. The minimum atomic E-state index is -3.96. The summed E-state index contributed by atoms with van der Waals surface area (Å²) in [5.41, 5.74) is -1.63. The Balaban J connectivity index is 4.70. The highest BCUT2D eigenvalue weighted by Gasteiger charge is 2.29. The molecule has 0 aliphatic carbocycles. The van der Waals surface area contributed by atoms with E-state index >= 15 is 0 Å². The fourth-order valence-electron chi connectivity index (χ4n) is 1.74. The van der Waals surface area contributed by atoms with E-state index in [1.807, 2.05) is 41.5 Å². The van der Waals surface area contributed by atoms with Crippen molar-refractivity contribution in [2.45, 2.75) is 67.9 Å². The van der Waals surface area contributed by atoms with Crippen LogP contribution in [0.15, 0.2) is 0 Å². The number of hydrogen-bond acceptors (Lipinski definition) is 10. The van der Waals surface area contributed by atoms with Crippen molar-refractivity contribution in [1.29, 1.82) is 0 Å². The van der Waals surface area contributed by atoms with E-state index in [0.717, 1.165) is 23.5 Å². The minimum absolute atomic E-state index is 0.0126. The van der Waals surface area contributed by atoms with Gasteiger partial charge in [-0.3, -0.25) is 23.2 Å². The summed E-state index contributed by atoms with van der Waals surface area (Å²) in [6.45, 7) is 15.9. The van der Waals surface area contributed by atoms with E-state index < -0.39 is 30.3 Å². The monoisotopic (exact) mass is 529 g/mol. The third-order valence-electron chi connectivity index (χ3n) is 3.38. The van der Waals surface area contributed by atoms with Crippen LogP contribution >= 0.6 is 31.3 Å². The first-order valence-corrected chi connectivity index (χ1v) is 14.1. The van der Waals surface area contributed by atoms with Crippen LogP contribution in [-0.2, 0) is 32.5 Å². The van der Waals surface area contributed by atoms with Gasteiger partial charge in [-0.15, -0.1) is 0 Å². The second-order valence-electron chi connectivity index (χ2n) is 10.1. The van der Waals surface area contributed by atoms with E-state index in [-0.39, 0.29) is 48.1 Å². The average Bonchev–Trinajstić information content (AvgIpc) is 2.63. The molecule has 1 amide bonds. The van der Waals surface area contributed by atoms with Gasteiger partial charge in [-0.2, -0.15) is 0 Å². The van der Waals surface area contributed by atoms with E-state index in [2.05, 4.69) is 5.32 Å². The number of ether oxygens (including phenoxy) is 1. The smallest absolute Gasteiger partial charge is 0.444 e. The Hall–Kier alpha value is -0.580. The van der Waals surface area contributed by atoms with Crippen LogP contribution in [0.1, 0.15) is 62.3 Å². The molecule has 0 fully saturated rings. The van der Waals surface area contributed by atoms with Crippen LogP contribution in [0.5, 0.6) is 0 Å². The van der Waals surface area contributed by atoms with Crippen molar-refractivity contribution in [3.8, 4) is 0 Å². The molecule has 0 aromatic carbocycles. The Bertz CT molecular complexity index is 658. The van der Waals surface area contributed by atoms with Crippen molar-refractivity contribution in [3.63, 3.8) is 0 Å². The van der Waals surface area contributed by atoms with Crippen molar-refractivity contribution < 1.29 is 37.3 Å². The molecular weight excluding hydrogens is 489 g/mol. The highest BCUT2D eigenvalue weighted by atomic mass is 32.2. The summed E-state index contributed by atoms with van der Waals surface area (Å²) in [5, 5.41) is 2.47. The molecule has 0 aromatic rings. The molecule has 0 saturated heterocycles. The number of thioether (sulfide) groups is 2. The maximum Gasteiger partial charge on any atom is 0.474 e. The molecule has 0 atom stereocenters. The molecule has 0 heterocycles. The summed E-state index contributed by atoms with van der Waals surface area (Å²) in [4.78, 5) is 35.7. The van der Waals surface area contributed by atoms with Crippen LogP contribution in [0.4, 0.5) is 4.79 Å². The number of carbonyl (C=O) groups is 3. The summed E-state index contributed by atoms with van der Waals surface area (Å²) in [7, 11) is -3.96. The molecule has 0 radical (unpaired) electrons. The quantitative estimate of drug-likeness (QED) is 0.264. The maximum atomic E-state index is 13.0. The van der Waals surface area contributed by atoms with Gasteiger partial charge in [0, 0.05) is 28.9 Å². The molecule has 0 saturated carbocycles. The molecule has 33 heavy (non-hydrogen) atoms. The molecular formula is C21H40NO8PS2. The number of nitrogens with one attached hydrogen (secondary N) is 1. The predicted octanol–water partition coefficient (Wildman–Crippen LogP) is 5.28. The fraction of sp³-hybridized carbons (Fsp3) is 0.857. The van der Waals surface area contributed by atoms with E-state index in [1.54, 1.807) is 20.8 Å². The van der Waals surface area contributed by atoms with Gasteiger partial charge in [-0.1, -0.05) is 65.1 Å².